The van der Waals surface area contributed by atoms with Crippen LogP contribution in [0.25, 0.3) is 33.5 Å². The largest absolute Gasteiger partial charge is 0.507 e. The van der Waals surface area contributed by atoms with Gasteiger partial charge in [0.1, 0.15) is 23.2 Å². The van der Waals surface area contributed by atoms with Gasteiger partial charge in [-0.15, -0.1) is 0 Å². The summed E-state index contributed by atoms with van der Waals surface area (Å²) in [6, 6.07) is 10.3. The number of nitrogens with zero attached hydrogens (tertiary/aromatic N) is 1. The number of sulfonamides is 1. The van der Waals surface area contributed by atoms with E-state index in [1.807, 2.05) is 0 Å². The van der Waals surface area contributed by atoms with Crippen LogP contribution in [-0.2, 0) is 14.6 Å². The monoisotopic (exact) mass is 574 g/mol. The molecule has 0 unspecified atom stereocenters. The number of amidine groups is 1. The van der Waals surface area contributed by atoms with Crippen molar-refractivity contribution in [2.45, 2.75) is 4.90 Å². The maximum Gasteiger partial charge on any atom is 0.327 e. The number of hydrogen-bond donors (Lipinski definition) is 9. The van der Waals surface area contributed by atoms with Crippen molar-refractivity contribution in [3.63, 3.8) is 0 Å². The molecule has 39 heavy (non-hydrogen) atoms. The molecule has 0 radical (unpaired) electrons. The third-order valence-electron chi connectivity index (χ3n) is 5.70. The van der Waals surface area contributed by atoms with Crippen molar-refractivity contribution in [2.75, 3.05) is 12.7 Å². The predicted molar refractivity (Wildman–Crippen MR) is 142 cm³/mol. The van der Waals surface area contributed by atoms with Crippen LogP contribution in [0.15, 0.2) is 53.4 Å². The van der Waals surface area contributed by atoms with E-state index in [0.717, 1.165) is 18.2 Å². The Labute approximate surface area is 221 Å². The number of amides is 1. The Balaban J connectivity index is 1.91. The highest BCUT2D eigenvalue weighted by molar-refractivity contribution is 7.89. The van der Waals surface area contributed by atoms with Crippen LogP contribution in [0, 0.1) is 5.41 Å². The predicted octanol–water partition coefficient (Wildman–Crippen LogP) is 1.15. The van der Waals surface area contributed by atoms with E-state index < -0.39 is 41.2 Å². The molecule has 204 valence electrons. The number of nitrogens with one attached hydrogen (secondary N) is 3. The minimum Gasteiger partial charge on any atom is -0.507 e. The number of nitrogens with two attached hydrogens (primary N) is 2. The molecule has 16 heteroatoms. The first-order valence-corrected chi connectivity index (χ1v) is 14.4. The molecule has 0 spiro atoms. The van der Waals surface area contributed by atoms with Crippen LogP contribution in [0.4, 0.5) is 0 Å². The van der Waals surface area contributed by atoms with Crippen LogP contribution in [0.2, 0.25) is 0 Å². The van der Waals surface area contributed by atoms with Crippen LogP contribution in [0.5, 0.6) is 11.5 Å². The van der Waals surface area contributed by atoms with E-state index in [9.17, 15) is 28.0 Å². The third-order valence-corrected chi connectivity index (χ3v) is 7.41. The van der Waals surface area contributed by atoms with Gasteiger partial charge in [-0.1, -0.05) is 0 Å². The summed E-state index contributed by atoms with van der Waals surface area (Å²) in [5.74, 6) is -1.79. The maximum absolute atomic E-state index is 12.9. The molecule has 0 bridgehead atoms. The number of aromatic nitrogens is 2. The molecule has 14 nitrogen and oxygen atoms in total. The lowest BCUT2D eigenvalue weighted by molar-refractivity contribution is 0.0956. The Morgan fingerprint density at radius 3 is 2.36 bits per heavy atom. The zero-order valence-electron chi connectivity index (χ0n) is 19.9. The average Bonchev–Trinajstić information content (AvgIpc) is 3.26. The van der Waals surface area contributed by atoms with Gasteiger partial charge in [0.05, 0.1) is 27.7 Å². The second kappa shape index (κ2) is 10.1. The molecular weight excluding hydrogens is 551 g/mol. The lowest BCUT2D eigenvalue weighted by Gasteiger charge is -2.14. The first kappa shape index (κ1) is 27.8. The second-order valence-corrected chi connectivity index (χ2v) is 11.9. The molecular formula is C23H23N6O8PS. The van der Waals surface area contributed by atoms with Gasteiger partial charge < -0.3 is 36.0 Å². The topological polar surface area (TPSA) is 266 Å². The van der Waals surface area contributed by atoms with Crippen molar-refractivity contribution in [1.82, 2.24) is 15.3 Å². The van der Waals surface area contributed by atoms with E-state index in [4.69, 9.17) is 26.1 Å². The van der Waals surface area contributed by atoms with Gasteiger partial charge in [0.15, 0.2) is 0 Å². The van der Waals surface area contributed by atoms with Gasteiger partial charge in [-0.2, -0.15) is 0 Å². The van der Waals surface area contributed by atoms with Crippen molar-refractivity contribution < 1.29 is 37.8 Å². The quantitative estimate of drug-likeness (QED) is 0.0822. The number of aromatic amines is 1. The minimum absolute atomic E-state index is 0.0198. The highest BCUT2D eigenvalue weighted by atomic mass is 32.2. The van der Waals surface area contributed by atoms with Gasteiger partial charge in [0, 0.05) is 28.8 Å². The molecule has 4 aromatic rings. The van der Waals surface area contributed by atoms with Crippen molar-refractivity contribution in [3.05, 3.63) is 59.7 Å². The molecule has 0 aliphatic rings. The number of carbonyl (C=O) groups excluding carboxylic acids is 1. The molecule has 11 N–H and O–H groups in total. The lowest BCUT2D eigenvalue weighted by Crippen LogP contribution is -2.26. The van der Waals surface area contributed by atoms with Gasteiger partial charge in [-0.3, -0.25) is 14.8 Å². The van der Waals surface area contributed by atoms with Crippen molar-refractivity contribution >= 4 is 40.4 Å². The number of aromatic hydroxyl groups is 2. The number of rotatable bonds is 8. The van der Waals surface area contributed by atoms with Gasteiger partial charge in [0.25, 0.3) is 5.91 Å². The number of fused-ring (bicyclic) bond motifs is 1. The zero-order valence-corrected chi connectivity index (χ0v) is 21.6. The molecule has 4 rings (SSSR count). The summed E-state index contributed by atoms with van der Waals surface area (Å²) in [6.07, 6.45) is -0.615. The molecule has 0 fully saturated rings. The zero-order chi connectivity index (χ0) is 28.7. The van der Waals surface area contributed by atoms with E-state index >= 15 is 0 Å². The SMILES string of the molecule is N=C(N)c1ccc2[nH]c(-c3cc(C(=O)NCCP(=O)(O)O)cc(-c4cc(S(N)(=O)=O)ccc4O)c3O)nc2c1. The fourth-order valence-corrected chi connectivity index (χ4v) is 4.72. The maximum atomic E-state index is 12.9. The van der Waals surface area contributed by atoms with Crippen LogP contribution in [0.1, 0.15) is 15.9 Å². The smallest absolute Gasteiger partial charge is 0.327 e. The first-order chi connectivity index (χ1) is 18.1. The molecule has 3 aromatic carbocycles. The molecule has 0 atom stereocenters. The Kier molecular flexibility index (Phi) is 7.21. The Hall–Kier alpha value is -4.27. The fourth-order valence-electron chi connectivity index (χ4n) is 3.78. The standard InChI is InChI=1S/C23H23N6O8PS/c24-21(25)11-1-3-17-18(9-11)29-22(28-17)16-8-12(23(32)27-5-6-38(33,34)35)7-15(20(16)31)14-10-13(39(26,36)37)2-4-19(14)30/h1-4,7-10,30-31H,5-6H2,(H3,24,25)(H,27,32)(H,28,29)(H2,26,36,37)(H2,33,34,35). The summed E-state index contributed by atoms with van der Waals surface area (Å²) in [5, 5.41) is 36.9. The second-order valence-electron chi connectivity index (χ2n) is 8.52. The van der Waals surface area contributed by atoms with Gasteiger partial charge in [-0.25, -0.2) is 18.5 Å². The Bertz CT molecular complexity index is 1800. The summed E-state index contributed by atoms with van der Waals surface area (Å²) < 4.78 is 35.0. The average molecular weight is 575 g/mol. The van der Waals surface area contributed by atoms with Crippen LogP contribution >= 0.6 is 7.60 Å². The highest BCUT2D eigenvalue weighted by Gasteiger charge is 2.23. The number of phenols is 2. The Morgan fingerprint density at radius 2 is 1.72 bits per heavy atom. The molecule has 0 saturated carbocycles. The number of benzene rings is 3. The molecule has 0 aliphatic carbocycles. The third kappa shape index (κ3) is 6.08. The van der Waals surface area contributed by atoms with Crippen molar-refractivity contribution in [2.24, 2.45) is 10.9 Å². The summed E-state index contributed by atoms with van der Waals surface area (Å²) in [7, 11) is -8.59. The van der Waals surface area contributed by atoms with E-state index in [1.54, 1.807) is 12.1 Å². The van der Waals surface area contributed by atoms with Crippen molar-refractivity contribution in [1.29, 1.82) is 5.41 Å². The number of carbonyl (C=O) groups is 1. The van der Waals surface area contributed by atoms with Crippen LogP contribution in [-0.4, -0.2) is 62.8 Å². The van der Waals surface area contributed by atoms with E-state index in [1.165, 1.54) is 18.2 Å². The summed E-state index contributed by atoms with van der Waals surface area (Å²) in [4.78, 5) is 38.1. The Morgan fingerprint density at radius 1 is 1.03 bits per heavy atom. The number of imidazole rings is 1. The summed E-state index contributed by atoms with van der Waals surface area (Å²) in [6.45, 7) is -0.362. The van der Waals surface area contributed by atoms with Gasteiger partial charge in [-0.05, 0) is 48.5 Å². The first-order valence-electron chi connectivity index (χ1n) is 11.0. The van der Waals surface area contributed by atoms with Gasteiger partial charge in [0.2, 0.25) is 10.0 Å². The number of phenolic OH excluding ortho intramolecular Hbond substituents is 2. The molecule has 1 amide bonds. The van der Waals surface area contributed by atoms with Crippen LogP contribution < -0.4 is 16.2 Å². The van der Waals surface area contributed by atoms with Gasteiger partial charge >= 0.3 is 7.60 Å². The van der Waals surface area contributed by atoms with E-state index in [2.05, 4.69) is 15.3 Å². The molecule has 0 aliphatic heterocycles. The molecule has 1 aromatic heterocycles. The van der Waals surface area contributed by atoms with E-state index in [0.29, 0.717) is 16.6 Å². The number of nitrogen functional groups attached to an aromatic ring is 1. The number of primary sulfonamides is 1. The highest BCUT2D eigenvalue weighted by Crippen LogP contribution is 2.42. The fraction of sp³-hybridized carbons (Fsp3) is 0.0870. The normalized spacial score (nSPS) is 12.0. The minimum atomic E-state index is -4.39. The summed E-state index contributed by atoms with van der Waals surface area (Å²) >= 11 is 0. The number of hydrogen-bond acceptors (Lipinski definition) is 8. The lowest BCUT2D eigenvalue weighted by atomic mass is 9.96. The van der Waals surface area contributed by atoms with Crippen LogP contribution in [0.3, 0.4) is 0 Å². The molecule has 0 saturated heterocycles. The number of H-pyrrole nitrogens is 1. The molecule has 1 heterocycles. The van der Waals surface area contributed by atoms with E-state index in [-0.39, 0.29) is 45.4 Å². The summed E-state index contributed by atoms with van der Waals surface area (Å²) in [5.41, 5.74) is 6.39. The van der Waals surface area contributed by atoms with Crippen molar-refractivity contribution in [3.8, 4) is 34.0 Å².